The molecule has 1 amide bonds. The third-order valence-corrected chi connectivity index (χ3v) is 6.83. The van der Waals surface area contributed by atoms with Crippen LogP contribution in [0.1, 0.15) is 124 Å². The Kier molecular flexibility index (Phi) is 21.2. The third-order valence-electron chi connectivity index (χ3n) is 6.83. The molecule has 4 nitrogen and oxygen atoms in total. The molecule has 0 aromatic carbocycles. The van der Waals surface area contributed by atoms with Crippen molar-refractivity contribution < 1.29 is 14.4 Å². The van der Waals surface area contributed by atoms with Crippen molar-refractivity contribution in [2.45, 2.75) is 124 Å². The van der Waals surface area contributed by atoms with Crippen LogP contribution in [0.5, 0.6) is 0 Å². The normalized spacial score (nSPS) is 11.7. The lowest BCUT2D eigenvalue weighted by molar-refractivity contribution is -0.924. The van der Waals surface area contributed by atoms with Crippen LogP contribution in [0.2, 0.25) is 0 Å². The Balaban J connectivity index is 3.41. The number of nitrogens with zero attached hydrogens (tertiary/aromatic N) is 1. The second-order valence-corrected chi connectivity index (χ2v) is 9.19. The minimum atomic E-state index is 0.194. The van der Waals surface area contributed by atoms with Gasteiger partial charge in [-0.25, -0.2) is 0 Å². The summed E-state index contributed by atoms with van der Waals surface area (Å²) in [6.07, 6.45) is 21.0. The van der Waals surface area contributed by atoms with E-state index in [1.54, 1.807) is 0 Å². The van der Waals surface area contributed by atoms with E-state index in [0.29, 0.717) is 6.42 Å². The molecule has 0 aliphatic rings. The van der Waals surface area contributed by atoms with E-state index in [1.807, 2.05) is 0 Å². The highest BCUT2D eigenvalue weighted by Gasteiger charge is 2.22. The van der Waals surface area contributed by atoms with Gasteiger partial charge in [0.2, 0.25) is 5.91 Å². The molecule has 0 aromatic heterocycles. The van der Waals surface area contributed by atoms with Crippen molar-refractivity contribution in [1.82, 2.24) is 5.32 Å². The number of hydrogen-bond acceptors (Lipinski definition) is 2. The number of aliphatic hydroxyl groups is 1. The first-order valence-electron chi connectivity index (χ1n) is 13.4. The van der Waals surface area contributed by atoms with Crippen LogP contribution in [0.3, 0.4) is 0 Å². The molecule has 0 rings (SSSR count). The second kappa shape index (κ2) is 21.6. The van der Waals surface area contributed by atoms with Gasteiger partial charge in [0.25, 0.3) is 0 Å². The molecule has 4 heteroatoms. The van der Waals surface area contributed by atoms with Crippen molar-refractivity contribution in [1.29, 1.82) is 0 Å². The number of carbonyl (C=O) groups excluding carboxylic acids is 1. The molecule has 0 spiro atoms. The molecule has 180 valence electrons. The maximum Gasteiger partial charge on any atom is 0.220 e. The van der Waals surface area contributed by atoms with Gasteiger partial charge in [-0.2, -0.15) is 0 Å². The molecule has 0 aromatic rings. The summed E-state index contributed by atoms with van der Waals surface area (Å²) in [4.78, 5) is 12.0. The average molecular weight is 428 g/mol. The summed E-state index contributed by atoms with van der Waals surface area (Å²) in [5, 5.41) is 12.4. The van der Waals surface area contributed by atoms with Crippen molar-refractivity contribution in [3.8, 4) is 0 Å². The number of carbonyl (C=O) groups is 1. The number of quaternary nitrogens is 1. The fraction of sp³-hybridized carbons (Fsp3) is 0.962. The Morgan fingerprint density at radius 3 is 1.50 bits per heavy atom. The van der Waals surface area contributed by atoms with Crippen LogP contribution in [-0.2, 0) is 4.79 Å². The number of hydrogen-bond donors (Lipinski definition) is 2. The second-order valence-electron chi connectivity index (χ2n) is 9.19. The summed E-state index contributed by atoms with van der Waals surface area (Å²) in [7, 11) is 0. The highest BCUT2D eigenvalue weighted by molar-refractivity contribution is 5.75. The lowest BCUT2D eigenvalue weighted by atomic mass is 10.0. The van der Waals surface area contributed by atoms with Gasteiger partial charge in [0.05, 0.1) is 32.8 Å². The van der Waals surface area contributed by atoms with E-state index >= 15 is 0 Å². The summed E-state index contributed by atoms with van der Waals surface area (Å²) in [5.41, 5.74) is 0. The molecular formula is C26H55N2O2+. The molecule has 0 saturated carbocycles. The molecule has 0 fully saturated rings. The zero-order valence-corrected chi connectivity index (χ0v) is 20.9. The fourth-order valence-corrected chi connectivity index (χ4v) is 4.36. The van der Waals surface area contributed by atoms with E-state index in [0.717, 1.165) is 43.6 Å². The van der Waals surface area contributed by atoms with Gasteiger partial charge in [-0.15, -0.1) is 0 Å². The van der Waals surface area contributed by atoms with Crippen LogP contribution < -0.4 is 5.32 Å². The molecule has 0 unspecified atom stereocenters. The number of nitrogens with one attached hydrogen (secondary N) is 1. The first-order valence-corrected chi connectivity index (χ1v) is 13.4. The van der Waals surface area contributed by atoms with Gasteiger partial charge in [-0.1, -0.05) is 96.8 Å². The Labute approximate surface area is 188 Å². The molecule has 0 heterocycles. The van der Waals surface area contributed by atoms with E-state index in [2.05, 4.69) is 26.1 Å². The van der Waals surface area contributed by atoms with Gasteiger partial charge in [0.15, 0.2) is 0 Å². The van der Waals surface area contributed by atoms with Crippen molar-refractivity contribution in [3.63, 3.8) is 0 Å². The molecule has 0 aliphatic heterocycles. The zero-order chi connectivity index (χ0) is 22.3. The summed E-state index contributed by atoms with van der Waals surface area (Å²) in [5.74, 6) is 0.194. The first kappa shape index (κ1) is 29.4. The minimum Gasteiger partial charge on any atom is -0.391 e. The van der Waals surface area contributed by atoms with Gasteiger partial charge in [-0.3, -0.25) is 4.79 Å². The minimum absolute atomic E-state index is 0.194. The molecule has 0 radical (unpaired) electrons. The summed E-state index contributed by atoms with van der Waals surface area (Å²) in [6, 6.07) is 0. The first-order chi connectivity index (χ1) is 14.6. The number of unbranched alkanes of at least 4 members (excludes halogenated alkanes) is 14. The largest absolute Gasteiger partial charge is 0.391 e. The number of amides is 1. The van der Waals surface area contributed by atoms with Crippen LogP contribution in [0.15, 0.2) is 0 Å². The molecule has 0 bridgehead atoms. The van der Waals surface area contributed by atoms with E-state index in [4.69, 9.17) is 0 Å². The van der Waals surface area contributed by atoms with Gasteiger partial charge in [-0.05, 0) is 20.3 Å². The van der Waals surface area contributed by atoms with Gasteiger partial charge in [0, 0.05) is 6.42 Å². The Morgan fingerprint density at radius 1 is 0.667 bits per heavy atom. The van der Waals surface area contributed by atoms with E-state index in [1.165, 1.54) is 89.9 Å². The quantitative estimate of drug-likeness (QED) is 0.150. The predicted molar refractivity (Wildman–Crippen MR) is 131 cm³/mol. The summed E-state index contributed by atoms with van der Waals surface area (Å²) in [6.45, 7) is 11.3. The van der Waals surface area contributed by atoms with Crippen molar-refractivity contribution in [2.24, 2.45) is 0 Å². The lowest BCUT2D eigenvalue weighted by Crippen LogP contribution is -2.53. The van der Waals surface area contributed by atoms with Crippen LogP contribution >= 0.6 is 0 Å². The molecule has 0 saturated heterocycles. The number of rotatable bonds is 23. The Morgan fingerprint density at radius 2 is 1.10 bits per heavy atom. The van der Waals surface area contributed by atoms with Crippen LogP contribution in [0, 0.1) is 0 Å². The van der Waals surface area contributed by atoms with Crippen LogP contribution in [-0.4, -0.2) is 54.8 Å². The van der Waals surface area contributed by atoms with Gasteiger partial charge < -0.3 is 14.9 Å². The fourth-order valence-electron chi connectivity index (χ4n) is 4.36. The SMILES string of the molecule is CCCCCCCCCCCCCCCCCC(=O)NCC[N+](CC)(CC)CCO. The van der Waals surface area contributed by atoms with Crippen LogP contribution in [0.25, 0.3) is 0 Å². The number of likely N-dealkylation sites (N-methyl/N-ethyl adjacent to an activating group) is 1. The molecule has 30 heavy (non-hydrogen) atoms. The third kappa shape index (κ3) is 17.1. The monoisotopic (exact) mass is 427 g/mol. The number of aliphatic hydroxyl groups excluding tert-OH is 1. The summed E-state index contributed by atoms with van der Waals surface area (Å²) < 4.78 is 0.885. The van der Waals surface area contributed by atoms with Crippen molar-refractivity contribution in [3.05, 3.63) is 0 Å². The van der Waals surface area contributed by atoms with E-state index in [-0.39, 0.29) is 12.5 Å². The molecule has 0 aliphatic carbocycles. The summed E-state index contributed by atoms with van der Waals surface area (Å²) >= 11 is 0. The maximum atomic E-state index is 12.0. The van der Waals surface area contributed by atoms with E-state index in [9.17, 15) is 9.90 Å². The van der Waals surface area contributed by atoms with Crippen molar-refractivity contribution >= 4 is 5.91 Å². The Bertz CT molecular complexity index is 370. The van der Waals surface area contributed by atoms with Gasteiger partial charge in [0.1, 0.15) is 6.54 Å². The van der Waals surface area contributed by atoms with Gasteiger partial charge >= 0.3 is 0 Å². The topological polar surface area (TPSA) is 49.3 Å². The average Bonchev–Trinajstić information content (AvgIpc) is 2.75. The van der Waals surface area contributed by atoms with Crippen LogP contribution in [0.4, 0.5) is 0 Å². The Hall–Kier alpha value is -0.610. The smallest absolute Gasteiger partial charge is 0.220 e. The maximum absolute atomic E-state index is 12.0. The highest BCUT2D eigenvalue weighted by Crippen LogP contribution is 2.13. The zero-order valence-electron chi connectivity index (χ0n) is 20.9. The standard InChI is InChI=1S/C26H54N2O2/c1-4-7-8-9-10-11-12-13-14-15-16-17-18-19-20-21-26(30)27-22-23-28(5-2,6-3)24-25-29/h29H,4-25H2,1-3H3/p+1. The predicted octanol–water partition coefficient (Wildman–Crippen LogP) is 6.21. The molecule has 0 atom stereocenters. The lowest BCUT2D eigenvalue weighted by Gasteiger charge is -2.36. The molecule has 2 N–H and O–H groups in total. The molecular weight excluding hydrogens is 372 g/mol. The highest BCUT2D eigenvalue weighted by atomic mass is 16.3. The van der Waals surface area contributed by atoms with Crippen molar-refractivity contribution in [2.75, 3.05) is 39.3 Å². The van der Waals surface area contributed by atoms with E-state index < -0.39 is 0 Å².